The summed E-state index contributed by atoms with van der Waals surface area (Å²) in [5.41, 5.74) is -0.945. The molecule has 1 aromatic rings. The van der Waals surface area contributed by atoms with Crippen LogP contribution < -0.4 is 0 Å². The van der Waals surface area contributed by atoms with Gasteiger partial charge in [0.15, 0.2) is 0 Å². The number of carboxylic acid groups (broad SMARTS) is 2. The van der Waals surface area contributed by atoms with E-state index in [-0.39, 0.29) is 0 Å². The van der Waals surface area contributed by atoms with Crippen LogP contribution in [0.4, 0.5) is 0 Å². The lowest BCUT2D eigenvalue weighted by molar-refractivity contribution is 0.0691. The Bertz CT molecular complexity index is 337. The van der Waals surface area contributed by atoms with Gasteiger partial charge in [-0.2, -0.15) is 0 Å². The molecule has 0 aliphatic rings. The lowest BCUT2D eigenvalue weighted by atomic mass is 10.1. The molecular formula is C8H5O5. The van der Waals surface area contributed by atoms with Crippen molar-refractivity contribution in [3.8, 4) is 5.75 Å². The fourth-order valence-corrected chi connectivity index (χ4v) is 0.816. The minimum absolute atomic E-state index is 0.472. The van der Waals surface area contributed by atoms with Gasteiger partial charge in [-0.15, -0.1) is 0 Å². The molecule has 5 nitrogen and oxygen atoms in total. The summed E-state index contributed by atoms with van der Waals surface area (Å²) in [5.74, 6) is -3.53. The molecule has 0 fully saturated rings. The van der Waals surface area contributed by atoms with Gasteiger partial charge in [0.2, 0.25) is 0 Å². The van der Waals surface area contributed by atoms with Crippen LogP contribution >= 0.6 is 0 Å². The fourth-order valence-electron chi connectivity index (χ4n) is 0.816. The summed E-state index contributed by atoms with van der Waals surface area (Å²) >= 11 is 0. The zero-order valence-electron chi connectivity index (χ0n) is 6.31. The molecule has 0 unspecified atom stereocenters. The van der Waals surface area contributed by atoms with Gasteiger partial charge in [0.25, 0.3) is 0 Å². The van der Waals surface area contributed by atoms with E-state index in [0.717, 1.165) is 12.1 Å². The topological polar surface area (TPSA) is 94.8 Å². The molecule has 1 aromatic carbocycles. The molecule has 1 radical (unpaired) electrons. The Morgan fingerprint density at radius 2 is 1.46 bits per heavy atom. The molecule has 13 heavy (non-hydrogen) atoms. The van der Waals surface area contributed by atoms with Gasteiger partial charge in [0.05, 0.1) is 0 Å². The lowest BCUT2D eigenvalue weighted by Crippen LogP contribution is -2.03. The Hall–Kier alpha value is -2.04. The molecule has 67 valence electrons. The van der Waals surface area contributed by atoms with E-state index in [1.165, 1.54) is 0 Å². The zero-order valence-corrected chi connectivity index (χ0v) is 6.31. The number of benzene rings is 1. The lowest BCUT2D eigenvalue weighted by Gasteiger charge is -2.01. The minimum Gasteiger partial charge on any atom is -0.506 e. The summed E-state index contributed by atoms with van der Waals surface area (Å²) in [6.07, 6.45) is 0. The first kappa shape index (κ1) is 9.05. The highest BCUT2D eigenvalue weighted by molar-refractivity contribution is 5.98. The normalized spacial score (nSPS) is 9.54. The molecule has 0 aliphatic heterocycles. The second-order valence-electron chi connectivity index (χ2n) is 2.24. The van der Waals surface area contributed by atoms with Gasteiger partial charge >= 0.3 is 11.9 Å². The van der Waals surface area contributed by atoms with Crippen LogP contribution in [0.2, 0.25) is 0 Å². The van der Waals surface area contributed by atoms with E-state index in [4.69, 9.17) is 15.3 Å². The Morgan fingerprint density at radius 1 is 1.08 bits per heavy atom. The number of rotatable bonds is 2. The second kappa shape index (κ2) is 3.14. The monoisotopic (exact) mass is 181 g/mol. The average molecular weight is 181 g/mol. The predicted octanol–water partition coefficient (Wildman–Crippen LogP) is 0.589. The van der Waals surface area contributed by atoms with Crippen LogP contribution in [-0.2, 0) is 0 Å². The molecule has 0 amide bonds. The molecular weight excluding hydrogens is 176 g/mol. The van der Waals surface area contributed by atoms with Gasteiger partial charge in [0.1, 0.15) is 16.9 Å². The Labute approximate surface area is 72.9 Å². The Morgan fingerprint density at radius 3 is 1.77 bits per heavy atom. The third kappa shape index (κ3) is 1.58. The summed E-state index contributed by atoms with van der Waals surface area (Å²) in [6, 6.07) is 4.32. The number of phenols is 1. The van der Waals surface area contributed by atoms with Crippen molar-refractivity contribution >= 4 is 11.9 Å². The first-order valence-electron chi connectivity index (χ1n) is 3.23. The molecule has 0 heterocycles. The molecule has 0 atom stereocenters. The summed E-state index contributed by atoms with van der Waals surface area (Å²) in [5, 5.41) is 26.1. The summed E-state index contributed by atoms with van der Waals surface area (Å²) in [6.45, 7) is 0. The highest BCUT2D eigenvalue weighted by Crippen LogP contribution is 2.21. The van der Waals surface area contributed by atoms with Crippen LogP contribution in [0.25, 0.3) is 0 Å². The third-order valence-corrected chi connectivity index (χ3v) is 1.43. The second-order valence-corrected chi connectivity index (χ2v) is 2.24. The zero-order chi connectivity index (χ0) is 10.0. The first-order valence-corrected chi connectivity index (χ1v) is 3.23. The van der Waals surface area contributed by atoms with Crippen molar-refractivity contribution in [1.82, 2.24) is 0 Å². The van der Waals surface area contributed by atoms with Crippen LogP contribution in [0.15, 0.2) is 12.1 Å². The highest BCUT2D eigenvalue weighted by Gasteiger charge is 2.16. The molecule has 0 spiro atoms. The molecule has 0 bridgehead atoms. The number of aromatic carboxylic acids is 2. The van der Waals surface area contributed by atoms with Crippen molar-refractivity contribution < 1.29 is 24.9 Å². The maximum absolute atomic E-state index is 10.4. The van der Waals surface area contributed by atoms with E-state index in [9.17, 15) is 9.59 Å². The predicted molar refractivity (Wildman–Crippen MR) is 40.9 cm³/mol. The van der Waals surface area contributed by atoms with Crippen molar-refractivity contribution in [3.05, 3.63) is 29.3 Å². The van der Waals surface area contributed by atoms with E-state index in [0.29, 0.717) is 0 Å². The van der Waals surface area contributed by atoms with Crippen LogP contribution in [0.1, 0.15) is 20.7 Å². The van der Waals surface area contributed by atoms with Crippen molar-refractivity contribution in [2.45, 2.75) is 0 Å². The van der Waals surface area contributed by atoms with Crippen molar-refractivity contribution in [1.29, 1.82) is 0 Å². The van der Waals surface area contributed by atoms with E-state index < -0.39 is 28.8 Å². The minimum atomic E-state index is -1.39. The van der Waals surface area contributed by atoms with Crippen molar-refractivity contribution in [3.63, 3.8) is 0 Å². The van der Waals surface area contributed by atoms with E-state index in [1.54, 1.807) is 0 Å². The van der Waals surface area contributed by atoms with Crippen LogP contribution in [0, 0.1) is 6.07 Å². The van der Waals surface area contributed by atoms with Gasteiger partial charge in [-0.05, 0) is 18.2 Å². The summed E-state index contributed by atoms with van der Waals surface area (Å²) in [7, 11) is 0. The quantitative estimate of drug-likeness (QED) is 0.620. The van der Waals surface area contributed by atoms with Gasteiger partial charge in [-0.3, -0.25) is 0 Å². The van der Waals surface area contributed by atoms with Gasteiger partial charge in [-0.1, -0.05) is 0 Å². The van der Waals surface area contributed by atoms with E-state index in [1.807, 2.05) is 0 Å². The SMILES string of the molecule is O=C(O)c1c[c]cc(C(=O)O)c1O. The van der Waals surface area contributed by atoms with Gasteiger partial charge < -0.3 is 15.3 Å². The van der Waals surface area contributed by atoms with Crippen LogP contribution in [0.5, 0.6) is 5.75 Å². The summed E-state index contributed by atoms with van der Waals surface area (Å²) < 4.78 is 0. The molecule has 0 saturated heterocycles. The Balaban J connectivity index is 3.35. The highest BCUT2D eigenvalue weighted by atomic mass is 16.4. The van der Waals surface area contributed by atoms with Gasteiger partial charge in [0, 0.05) is 0 Å². The Kier molecular flexibility index (Phi) is 2.19. The third-order valence-electron chi connectivity index (χ3n) is 1.43. The molecule has 3 N–H and O–H groups in total. The van der Waals surface area contributed by atoms with E-state index in [2.05, 4.69) is 6.07 Å². The number of carboxylic acids is 2. The number of hydrogen-bond donors (Lipinski definition) is 3. The van der Waals surface area contributed by atoms with Crippen LogP contribution in [0.3, 0.4) is 0 Å². The molecule has 5 heteroatoms. The maximum atomic E-state index is 10.4. The molecule has 0 aliphatic carbocycles. The maximum Gasteiger partial charge on any atom is 0.339 e. The van der Waals surface area contributed by atoms with Gasteiger partial charge in [-0.25, -0.2) is 9.59 Å². The summed E-state index contributed by atoms with van der Waals surface area (Å²) in [4.78, 5) is 20.8. The van der Waals surface area contributed by atoms with Crippen molar-refractivity contribution in [2.75, 3.05) is 0 Å². The molecule has 0 aromatic heterocycles. The fraction of sp³-hybridized carbons (Fsp3) is 0. The van der Waals surface area contributed by atoms with E-state index >= 15 is 0 Å². The van der Waals surface area contributed by atoms with Crippen LogP contribution in [-0.4, -0.2) is 27.3 Å². The molecule has 1 rings (SSSR count). The largest absolute Gasteiger partial charge is 0.506 e. The number of hydrogen-bond acceptors (Lipinski definition) is 3. The van der Waals surface area contributed by atoms with Crippen molar-refractivity contribution in [2.24, 2.45) is 0 Å². The standard InChI is InChI=1S/C8H5O5/c9-6-4(7(10)11)2-1-3-5(6)8(12)13/h2-3,9H,(H,10,11)(H,12,13). The smallest absolute Gasteiger partial charge is 0.339 e. The first-order chi connectivity index (χ1) is 6.04. The number of aromatic hydroxyl groups is 1. The number of carbonyl (C=O) groups is 2. The molecule has 0 saturated carbocycles. The average Bonchev–Trinajstić information content (AvgIpc) is 2.03.